The Balaban J connectivity index is 1.36. The zero-order valence-electron chi connectivity index (χ0n) is 13.2. The molecule has 8 nitrogen and oxygen atoms in total. The summed E-state index contributed by atoms with van der Waals surface area (Å²) in [6.45, 7) is 0.460. The minimum absolute atomic E-state index is 0.136. The number of imidazole rings is 1. The van der Waals surface area contributed by atoms with Gasteiger partial charge in [0.25, 0.3) is 5.91 Å². The minimum atomic E-state index is -0.136. The first kappa shape index (κ1) is 15.0. The van der Waals surface area contributed by atoms with Gasteiger partial charge in [0, 0.05) is 36.5 Å². The van der Waals surface area contributed by atoms with E-state index in [1.807, 2.05) is 18.2 Å². The molecular formula is C17H15N7O. The van der Waals surface area contributed by atoms with Crippen LogP contribution in [0.3, 0.4) is 0 Å². The van der Waals surface area contributed by atoms with Crippen molar-refractivity contribution in [3.05, 3.63) is 60.4 Å². The third-order valence-electron chi connectivity index (χ3n) is 3.78. The summed E-state index contributed by atoms with van der Waals surface area (Å²) in [5.41, 5.74) is 3.11. The molecule has 0 aliphatic carbocycles. The minimum Gasteiger partial charge on any atom is -0.352 e. The number of nitrogens with zero attached hydrogens (tertiary/aromatic N) is 4. The Labute approximate surface area is 142 Å². The van der Waals surface area contributed by atoms with Crippen molar-refractivity contribution in [2.75, 3.05) is 6.54 Å². The van der Waals surface area contributed by atoms with Crippen LogP contribution in [-0.2, 0) is 6.42 Å². The van der Waals surface area contributed by atoms with Crippen molar-refractivity contribution in [2.45, 2.75) is 6.42 Å². The van der Waals surface area contributed by atoms with Crippen LogP contribution in [-0.4, -0.2) is 42.6 Å². The standard InChI is InChI=1S/C17H15N7O/c25-17(11-3-4-13-14(8-11)21-10-20-13)19-7-5-15-22-16(24-23-15)12-2-1-6-18-9-12/h1-4,6,8-10H,5,7H2,(H,19,25)(H,20,21)(H,22,23,24). The number of hydrogen-bond acceptors (Lipinski definition) is 5. The van der Waals surface area contributed by atoms with Gasteiger partial charge in [-0.1, -0.05) is 0 Å². The molecule has 0 atom stereocenters. The lowest BCUT2D eigenvalue weighted by molar-refractivity contribution is 0.0954. The number of carbonyl (C=O) groups is 1. The molecule has 0 radical (unpaired) electrons. The highest BCUT2D eigenvalue weighted by Crippen LogP contribution is 2.13. The van der Waals surface area contributed by atoms with E-state index in [9.17, 15) is 4.79 Å². The number of amides is 1. The lowest BCUT2D eigenvalue weighted by atomic mass is 10.2. The zero-order valence-corrected chi connectivity index (χ0v) is 13.2. The maximum absolute atomic E-state index is 12.2. The van der Waals surface area contributed by atoms with Gasteiger partial charge in [0.05, 0.1) is 17.4 Å². The molecule has 0 saturated carbocycles. The molecule has 0 aliphatic rings. The highest BCUT2D eigenvalue weighted by Gasteiger charge is 2.09. The van der Waals surface area contributed by atoms with Crippen LogP contribution in [0.1, 0.15) is 16.2 Å². The van der Waals surface area contributed by atoms with Gasteiger partial charge in [-0.2, -0.15) is 5.10 Å². The number of benzene rings is 1. The fourth-order valence-corrected chi connectivity index (χ4v) is 2.50. The van der Waals surface area contributed by atoms with Crippen molar-refractivity contribution in [3.63, 3.8) is 0 Å². The highest BCUT2D eigenvalue weighted by atomic mass is 16.1. The molecule has 0 spiro atoms. The number of pyridine rings is 1. The van der Waals surface area contributed by atoms with Crippen molar-refractivity contribution in [3.8, 4) is 11.4 Å². The molecule has 3 N–H and O–H groups in total. The van der Waals surface area contributed by atoms with Crippen molar-refractivity contribution >= 4 is 16.9 Å². The first-order valence-corrected chi connectivity index (χ1v) is 7.82. The third kappa shape index (κ3) is 3.23. The van der Waals surface area contributed by atoms with Crippen molar-refractivity contribution in [1.82, 2.24) is 35.5 Å². The van der Waals surface area contributed by atoms with Gasteiger partial charge in [0.15, 0.2) is 5.82 Å². The topological polar surface area (TPSA) is 112 Å². The van der Waals surface area contributed by atoms with E-state index in [1.54, 1.807) is 30.9 Å². The summed E-state index contributed by atoms with van der Waals surface area (Å²) in [5, 5.41) is 9.94. The molecule has 0 bridgehead atoms. The molecule has 8 heteroatoms. The fourth-order valence-electron chi connectivity index (χ4n) is 2.50. The summed E-state index contributed by atoms with van der Waals surface area (Å²) in [4.78, 5) is 27.8. The smallest absolute Gasteiger partial charge is 0.251 e. The second-order valence-electron chi connectivity index (χ2n) is 5.49. The summed E-state index contributed by atoms with van der Waals surface area (Å²) in [5.74, 6) is 1.17. The molecule has 3 heterocycles. The quantitative estimate of drug-likeness (QED) is 0.515. The van der Waals surface area contributed by atoms with Crippen LogP contribution in [0.2, 0.25) is 0 Å². The van der Waals surface area contributed by atoms with Crippen LogP contribution in [0.4, 0.5) is 0 Å². The van der Waals surface area contributed by atoms with E-state index in [1.165, 1.54) is 0 Å². The Hall–Kier alpha value is -3.55. The number of aromatic amines is 2. The van der Waals surface area contributed by atoms with E-state index in [0.29, 0.717) is 30.2 Å². The molecule has 3 aromatic heterocycles. The number of rotatable bonds is 5. The van der Waals surface area contributed by atoms with Gasteiger partial charge in [0.1, 0.15) is 5.82 Å². The van der Waals surface area contributed by atoms with Gasteiger partial charge in [0.2, 0.25) is 0 Å². The van der Waals surface area contributed by atoms with E-state index in [-0.39, 0.29) is 5.91 Å². The second kappa shape index (κ2) is 6.52. The van der Waals surface area contributed by atoms with Crippen molar-refractivity contribution < 1.29 is 4.79 Å². The number of H-pyrrole nitrogens is 2. The monoisotopic (exact) mass is 333 g/mol. The molecule has 4 aromatic rings. The molecule has 0 unspecified atom stereocenters. The predicted octanol–water partition coefficient (Wildman–Crippen LogP) is 1.72. The number of fused-ring (bicyclic) bond motifs is 1. The van der Waals surface area contributed by atoms with Gasteiger partial charge in [-0.3, -0.25) is 14.9 Å². The second-order valence-corrected chi connectivity index (χ2v) is 5.49. The third-order valence-corrected chi connectivity index (χ3v) is 3.78. The van der Waals surface area contributed by atoms with Crippen LogP contribution >= 0.6 is 0 Å². The van der Waals surface area contributed by atoms with Gasteiger partial charge >= 0.3 is 0 Å². The largest absolute Gasteiger partial charge is 0.352 e. The molecule has 0 aliphatic heterocycles. The molecular weight excluding hydrogens is 318 g/mol. The average Bonchev–Trinajstić information content (AvgIpc) is 3.31. The molecule has 124 valence electrons. The fraction of sp³-hybridized carbons (Fsp3) is 0.118. The Bertz CT molecular complexity index is 1010. The summed E-state index contributed by atoms with van der Waals surface area (Å²) < 4.78 is 0. The van der Waals surface area contributed by atoms with Crippen molar-refractivity contribution in [2.24, 2.45) is 0 Å². The maximum Gasteiger partial charge on any atom is 0.251 e. The normalized spacial score (nSPS) is 10.9. The first-order valence-electron chi connectivity index (χ1n) is 7.82. The number of nitrogens with one attached hydrogen (secondary N) is 3. The van der Waals surface area contributed by atoms with Crippen LogP contribution in [0.15, 0.2) is 49.1 Å². The zero-order chi connectivity index (χ0) is 17.1. The van der Waals surface area contributed by atoms with E-state index >= 15 is 0 Å². The van der Waals surface area contributed by atoms with Crippen LogP contribution in [0, 0.1) is 0 Å². The molecule has 0 fully saturated rings. The van der Waals surface area contributed by atoms with Gasteiger partial charge in [-0.25, -0.2) is 9.97 Å². The van der Waals surface area contributed by atoms with Crippen LogP contribution in [0.5, 0.6) is 0 Å². The van der Waals surface area contributed by atoms with Crippen molar-refractivity contribution in [1.29, 1.82) is 0 Å². The van der Waals surface area contributed by atoms with E-state index in [4.69, 9.17) is 0 Å². The van der Waals surface area contributed by atoms with E-state index in [0.717, 1.165) is 16.6 Å². The van der Waals surface area contributed by atoms with E-state index < -0.39 is 0 Å². The Kier molecular flexibility index (Phi) is 3.91. The summed E-state index contributed by atoms with van der Waals surface area (Å²) in [6.07, 6.45) is 5.58. The summed E-state index contributed by atoms with van der Waals surface area (Å²) >= 11 is 0. The van der Waals surface area contributed by atoms with E-state index in [2.05, 4.69) is 35.5 Å². The summed E-state index contributed by atoms with van der Waals surface area (Å²) in [6, 6.07) is 9.09. The maximum atomic E-state index is 12.2. The highest BCUT2D eigenvalue weighted by molar-refractivity contribution is 5.97. The van der Waals surface area contributed by atoms with Crippen LogP contribution < -0.4 is 5.32 Å². The van der Waals surface area contributed by atoms with Gasteiger partial charge in [-0.05, 0) is 30.3 Å². The molecule has 25 heavy (non-hydrogen) atoms. The van der Waals surface area contributed by atoms with Crippen LogP contribution in [0.25, 0.3) is 22.4 Å². The predicted molar refractivity (Wildman–Crippen MR) is 91.7 cm³/mol. The molecule has 1 amide bonds. The first-order chi connectivity index (χ1) is 12.3. The number of carbonyl (C=O) groups excluding carboxylic acids is 1. The molecule has 0 saturated heterocycles. The van der Waals surface area contributed by atoms with Gasteiger partial charge in [-0.15, -0.1) is 0 Å². The average molecular weight is 333 g/mol. The Morgan fingerprint density at radius 2 is 2.20 bits per heavy atom. The number of aromatic nitrogens is 6. The SMILES string of the molecule is O=C(NCCc1nc(-c2cccnc2)n[nH]1)c1ccc2nc[nH]c2c1. The van der Waals surface area contributed by atoms with Gasteiger partial charge < -0.3 is 10.3 Å². The lowest BCUT2D eigenvalue weighted by Gasteiger charge is -2.04. The number of hydrogen-bond donors (Lipinski definition) is 3. The Morgan fingerprint density at radius 1 is 1.24 bits per heavy atom. The lowest BCUT2D eigenvalue weighted by Crippen LogP contribution is -2.25. The summed E-state index contributed by atoms with van der Waals surface area (Å²) in [7, 11) is 0. The Morgan fingerprint density at radius 3 is 3.08 bits per heavy atom. The molecule has 1 aromatic carbocycles. The molecule has 4 rings (SSSR count).